The van der Waals surface area contributed by atoms with E-state index >= 15 is 0 Å². The second-order valence-corrected chi connectivity index (χ2v) is 4.44. The molecule has 2 rings (SSSR count). The molecule has 1 aliphatic heterocycles. The molecule has 6 heteroatoms. The van der Waals surface area contributed by atoms with Crippen molar-refractivity contribution in [2.45, 2.75) is 25.0 Å². The van der Waals surface area contributed by atoms with Crippen LogP contribution >= 0.6 is 12.4 Å². The van der Waals surface area contributed by atoms with Crippen molar-refractivity contribution >= 4 is 18.3 Å². The summed E-state index contributed by atoms with van der Waals surface area (Å²) in [4.78, 5) is 18.3. The van der Waals surface area contributed by atoms with Crippen LogP contribution in [0.4, 0.5) is 0 Å². The Morgan fingerprint density at radius 1 is 1.68 bits per heavy atom. The summed E-state index contributed by atoms with van der Waals surface area (Å²) in [6, 6.07) is 4.01. The van der Waals surface area contributed by atoms with Crippen LogP contribution < -0.4 is 5.73 Å². The number of ether oxygens (including phenoxy) is 1. The number of methoxy groups -OCH3 is 1. The number of rotatable bonds is 4. The highest BCUT2D eigenvalue weighted by Gasteiger charge is 2.33. The summed E-state index contributed by atoms with van der Waals surface area (Å²) in [6.07, 6.45) is 5.00. The fourth-order valence-electron chi connectivity index (χ4n) is 2.43. The van der Waals surface area contributed by atoms with Gasteiger partial charge in [-0.05, 0) is 24.5 Å². The van der Waals surface area contributed by atoms with Crippen molar-refractivity contribution < 1.29 is 9.53 Å². The number of nitrogens with two attached hydrogens (primary N) is 1. The van der Waals surface area contributed by atoms with Crippen LogP contribution in [-0.4, -0.2) is 42.1 Å². The topological polar surface area (TPSA) is 68.5 Å². The first kappa shape index (κ1) is 15.9. The standard InChI is InChI=1S/C13H19N3O2.ClH/c1-18-12(8-14)13(17)16-7-3-5-11(16)10-4-2-6-15-9-10;/h2,4,6,9,11-12H,3,5,7-8,14H2,1H3;1H. The molecule has 1 saturated heterocycles. The monoisotopic (exact) mass is 285 g/mol. The smallest absolute Gasteiger partial charge is 0.253 e. The lowest BCUT2D eigenvalue weighted by Crippen LogP contribution is -2.43. The summed E-state index contributed by atoms with van der Waals surface area (Å²) in [5.41, 5.74) is 6.63. The van der Waals surface area contributed by atoms with Crippen LogP contribution in [0.15, 0.2) is 24.5 Å². The van der Waals surface area contributed by atoms with E-state index in [0.717, 1.165) is 24.9 Å². The van der Waals surface area contributed by atoms with E-state index in [0.29, 0.717) is 0 Å². The van der Waals surface area contributed by atoms with Gasteiger partial charge in [-0.1, -0.05) is 6.07 Å². The van der Waals surface area contributed by atoms with Crippen molar-refractivity contribution in [3.05, 3.63) is 30.1 Å². The van der Waals surface area contributed by atoms with E-state index in [2.05, 4.69) is 4.98 Å². The third-order valence-corrected chi connectivity index (χ3v) is 3.38. The quantitative estimate of drug-likeness (QED) is 0.901. The molecule has 1 fully saturated rings. The Labute approximate surface area is 119 Å². The first-order valence-corrected chi connectivity index (χ1v) is 6.21. The Hall–Kier alpha value is -1.17. The second kappa shape index (κ2) is 7.43. The van der Waals surface area contributed by atoms with Crippen LogP contribution in [0.3, 0.4) is 0 Å². The average molecular weight is 286 g/mol. The minimum Gasteiger partial charge on any atom is -0.370 e. The predicted octanol–water partition coefficient (Wildman–Crippen LogP) is 1.14. The van der Waals surface area contributed by atoms with E-state index in [9.17, 15) is 4.79 Å². The summed E-state index contributed by atoms with van der Waals surface area (Å²) in [6.45, 7) is 0.976. The van der Waals surface area contributed by atoms with E-state index < -0.39 is 6.10 Å². The van der Waals surface area contributed by atoms with Gasteiger partial charge in [0.05, 0.1) is 6.04 Å². The van der Waals surface area contributed by atoms with Crippen LogP contribution in [0, 0.1) is 0 Å². The zero-order chi connectivity index (χ0) is 13.0. The summed E-state index contributed by atoms with van der Waals surface area (Å²) in [7, 11) is 1.52. The molecule has 0 aromatic carbocycles. The molecule has 1 aliphatic rings. The lowest BCUT2D eigenvalue weighted by atomic mass is 10.1. The number of hydrogen-bond donors (Lipinski definition) is 1. The van der Waals surface area contributed by atoms with Gasteiger partial charge in [-0.2, -0.15) is 0 Å². The van der Waals surface area contributed by atoms with Crippen LogP contribution in [0.5, 0.6) is 0 Å². The van der Waals surface area contributed by atoms with Gasteiger partial charge in [-0.3, -0.25) is 9.78 Å². The molecule has 0 aliphatic carbocycles. The van der Waals surface area contributed by atoms with Crippen molar-refractivity contribution in [1.29, 1.82) is 0 Å². The number of amides is 1. The summed E-state index contributed by atoms with van der Waals surface area (Å²) in [5, 5.41) is 0. The van der Waals surface area contributed by atoms with Gasteiger partial charge in [0, 0.05) is 32.6 Å². The van der Waals surface area contributed by atoms with E-state index in [1.165, 1.54) is 7.11 Å². The Balaban J connectivity index is 0.00000180. The molecule has 1 aromatic rings. The van der Waals surface area contributed by atoms with Crippen molar-refractivity contribution in [1.82, 2.24) is 9.88 Å². The van der Waals surface area contributed by atoms with Crippen molar-refractivity contribution in [2.24, 2.45) is 5.73 Å². The Morgan fingerprint density at radius 2 is 2.47 bits per heavy atom. The molecule has 5 nitrogen and oxygen atoms in total. The Kier molecular flexibility index (Phi) is 6.21. The molecule has 1 amide bonds. The number of likely N-dealkylation sites (tertiary alicyclic amines) is 1. The van der Waals surface area contributed by atoms with Crippen LogP contribution in [0.2, 0.25) is 0 Å². The van der Waals surface area contributed by atoms with Gasteiger partial charge in [-0.25, -0.2) is 0 Å². The highest BCUT2D eigenvalue weighted by atomic mass is 35.5. The van der Waals surface area contributed by atoms with Gasteiger partial charge < -0.3 is 15.4 Å². The van der Waals surface area contributed by atoms with Crippen molar-refractivity contribution in [2.75, 3.05) is 20.2 Å². The lowest BCUT2D eigenvalue weighted by Gasteiger charge is -2.27. The maximum Gasteiger partial charge on any atom is 0.253 e. The molecular formula is C13H20ClN3O2. The summed E-state index contributed by atoms with van der Waals surface area (Å²) < 4.78 is 5.13. The molecule has 0 bridgehead atoms. The molecule has 0 spiro atoms. The van der Waals surface area contributed by atoms with Crippen LogP contribution in [-0.2, 0) is 9.53 Å². The third-order valence-electron chi connectivity index (χ3n) is 3.38. The van der Waals surface area contributed by atoms with Crippen molar-refractivity contribution in [3.63, 3.8) is 0 Å². The highest BCUT2D eigenvalue weighted by molar-refractivity contribution is 5.85. The SMILES string of the molecule is COC(CN)C(=O)N1CCCC1c1cccnc1.Cl. The number of nitrogens with zero attached hydrogens (tertiary/aromatic N) is 2. The van der Waals surface area contributed by atoms with Gasteiger partial charge >= 0.3 is 0 Å². The largest absolute Gasteiger partial charge is 0.370 e. The number of carbonyl (C=O) groups excluding carboxylic acids is 1. The van der Waals surface area contributed by atoms with Gasteiger partial charge in [0.1, 0.15) is 6.10 Å². The second-order valence-electron chi connectivity index (χ2n) is 4.44. The molecule has 19 heavy (non-hydrogen) atoms. The van der Waals surface area contributed by atoms with Crippen LogP contribution in [0.1, 0.15) is 24.4 Å². The zero-order valence-electron chi connectivity index (χ0n) is 11.0. The number of halogens is 1. The van der Waals surface area contributed by atoms with Crippen LogP contribution in [0.25, 0.3) is 0 Å². The normalized spacial score (nSPS) is 19.9. The van der Waals surface area contributed by atoms with Gasteiger partial charge in [0.25, 0.3) is 5.91 Å². The van der Waals surface area contributed by atoms with E-state index in [1.807, 2.05) is 23.2 Å². The molecule has 0 radical (unpaired) electrons. The Bertz CT molecular complexity index is 398. The highest BCUT2D eigenvalue weighted by Crippen LogP contribution is 2.31. The van der Waals surface area contributed by atoms with E-state index in [1.54, 1.807) is 6.20 Å². The number of carbonyl (C=O) groups is 1. The van der Waals surface area contributed by atoms with E-state index in [-0.39, 0.29) is 30.9 Å². The molecule has 0 saturated carbocycles. The maximum atomic E-state index is 12.3. The minimum absolute atomic E-state index is 0. The number of hydrogen-bond acceptors (Lipinski definition) is 4. The molecular weight excluding hydrogens is 266 g/mol. The predicted molar refractivity (Wildman–Crippen MR) is 75.0 cm³/mol. The first-order chi connectivity index (χ1) is 8.77. The minimum atomic E-state index is -0.540. The molecule has 2 unspecified atom stereocenters. The number of aromatic nitrogens is 1. The fourth-order valence-corrected chi connectivity index (χ4v) is 2.43. The molecule has 1 aromatic heterocycles. The lowest BCUT2D eigenvalue weighted by molar-refractivity contribution is -0.142. The van der Waals surface area contributed by atoms with Gasteiger partial charge in [0.15, 0.2) is 0 Å². The number of pyridine rings is 1. The maximum absolute atomic E-state index is 12.3. The molecule has 2 atom stereocenters. The van der Waals surface area contributed by atoms with Gasteiger partial charge in [0.2, 0.25) is 0 Å². The summed E-state index contributed by atoms with van der Waals surface area (Å²) in [5.74, 6) is -0.0219. The molecule has 106 valence electrons. The zero-order valence-corrected chi connectivity index (χ0v) is 11.8. The Morgan fingerprint density at radius 3 is 3.05 bits per heavy atom. The van der Waals surface area contributed by atoms with Crippen molar-refractivity contribution in [3.8, 4) is 0 Å². The summed E-state index contributed by atoms with van der Waals surface area (Å²) >= 11 is 0. The molecule has 2 N–H and O–H groups in total. The molecule has 2 heterocycles. The first-order valence-electron chi connectivity index (χ1n) is 6.21. The average Bonchev–Trinajstić information content (AvgIpc) is 2.90. The fraction of sp³-hybridized carbons (Fsp3) is 0.538. The third kappa shape index (κ3) is 3.43. The van der Waals surface area contributed by atoms with Gasteiger partial charge in [-0.15, -0.1) is 12.4 Å². The van der Waals surface area contributed by atoms with E-state index in [4.69, 9.17) is 10.5 Å².